The van der Waals surface area contributed by atoms with E-state index in [1.807, 2.05) is 30.0 Å². The highest BCUT2D eigenvalue weighted by atomic mass is 32.2. The second-order valence-corrected chi connectivity index (χ2v) is 6.58. The fourth-order valence-electron chi connectivity index (χ4n) is 2.16. The number of rotatable bonds is 8. The molecule has 1 fully saturated rings. The van der Waals surface area contributed by atoms with E-state index in [0.717, 1.165) is 23.8 Å². The lowest BCUT2D eigenvalue weighted by atomic mass is 10.2. The molecule has 4 nitrogen and oxygen atoms in total. The first-order valence-corrected chi connectivity index (χ1v) is 8.57. The van der Waals surface area contributed by atoms with E-state index in [-0.39, 0.29) is 12.1 Å². The summed E-state index contributed by atoms with van der Waals surface area (Å²) < 4.78 is 5.03. The van der Waals surface area contributed by atoms with Crippen LogP contribution < -0.4 is 10.6 Å². The minimum Gasteiger partial charge on any atom is -0.384 e. The van der Waals surface area contributed by atoms with Gasteiger partial charge >= 0.3 is 6.03 Å². The lowest BCUT2D eigenvalue weighted by Crippen LogP contribution is -2.37. The van der Waals surface area contributed by atoms with Gasteiger partial charge in [0.2, 0.25) is 0 Å². The molecule has 1 saturated carbocycles. The van der Waals surface area contributed by atoms with Crippen LogP contribution in [0.3, 0.4) is 0 Å². The van der Waals surface area contributed by atoms with E-state index in [0.29, 0.717) is 5.92 Å². The third kappa shape index (κ3) is 5.98. The highest BCUT2D eigenvalue weighted by Crippen LogP contribution is 2.32. The number of methoxy groups -OCH3 is 1. The fraction of sp³-hybridized carbons (Fsp3) is 0.562. The zero-order valence-corrected chi connectivity index (χ0v) is 13.5. The summed E-state index contributed by atoms with van der Waals surface area (Å²) in [5.41, 5.74) is 2.06. The Kier molecular flexibility index (Phi) is 6.39. The van der Waals surface area contributed by atoms with Gasteiger partial charge < -0.3 is 15.4 Å². The molecular formula is C16H24N2O2S. The number of hydrogen-bond donors (Lipinski definition) is 2. The summed E-state index contributed by atoms with van der Waals surface area (Å²) >= 11 is 1.83. The number of thioether (sulfide) groups is 1. The molecule has 116 valence electrons. The van der Waals surface area contributed by atoms with Gasteiger partial charge in [-0.1, -0.05) is 12.1 Å². The number of carbonyl (C=O) groups excluding carboxylic acids is 1. The SMILES string of the molecule is COCCSCc1cccc(NC(=O)N[C@@H](C)C2CC2)c1. The lowest BCUT2D eigenvalue weighted by Gasteiger charge is -2.14. The quantitative estimate of drug-likeness (QED) is 0.723. The summed E-state index contributed by atoms with van der Waals surface area (Å²) in [6.07, 6.45) is 2.46. The van der Waals surface area contributed by atoms with Crippen LogP contribution in [0.15, 0.2) is 24.3 Å². The van der Waals surface area contributed by atoms with Gasteiger partial charge in [0, 0.05) is 30.3 Å². The van der Waals surface area contributed by atoms with Gasteiger partial charge in [-0.2, -0.15) is 11.8 Å². The highest BCUT2D eigenvalue weighted by Gasteiger charge is 2.28. The number of carbonyl (C=O) groups is 1. The molecule has 0 unspecified atom stereocenters. The molecule has 0 aromatic heterocycles. The van der Waals surface area contributed by atoms with Gasteiger partial charge in [0.05, 0.1) is 6.61 Å². The molecule has 1 aliphatic carbocycles. The molecule has 0 spiro atoms. The normalized spacial score (nSPS) is 15.5. The first kappa shape index (κ1) is 16.2. The topological polar surface area (TPSA) is 50.4 Å². The molecule has 0 saturated heterocycles. The summed E-state index contributed by atoms with van der Waals surface area (Å²) in [5, 5.41) is 5.91. The Hall–Kier alpha value is -1.20. The van der Waals surface area contributed by atoms with E-state index in [4.69, 9.17) is 4.74 Å². The summed E-state index contributed by atoms with van der Waals surface area (Å²) in [6, 6.07) is 8.16. The molecule has 1 atom stereocenters. The molecule has 1 aromatic rings. The van der Waals surface area contributed by atoms with Gasteiger partial charge in [-0.05, 0) is 43.4 Å². The maximum Gasteiger partial charge on any atom is 0.319 e. The van der Waals surface area contributed by atoms with E-state index in [9.17, 15) is 4.79 Å². The molecule has 0 aliphatic heterocycles. The van der Waals surface area contributed by atoms with Crippen molar-refractivity contribution < 1.29 is 9.53 Å². The van der Waals surface area contributed by atoms with Gasteiger partial charge in [-0.25, -0.2) is 4.79 Å². The van der Waals surface area contributed by atoms with Crippen molar-refractivity contribution in [3.63, 3.8) is 0 Å². The van der Waals surface area contributed by atoms with Gasteiger partial charge in [-0.15, -0.1) is 0 Å². The van der Waals surface area contributed by atoms with Crippen molar-refractivity contribution in [3.8, 4) is 0 Å². The van der Waals surface area contributed by atoms with Crippen molar-refractivity contribution >= 4 is 23.5 Å². The highest BCUT2D eigenvalue weighted by molar-refractivity contribution is 7.98. The Morgan fingerprint density at radius 2 is 2.29 bits per heavy atom. The monoisotopic (exact) mass is 308 g/mol. The van der Waals surface area contributed by atoms with E-state index in [1.54, 1.807) is 7.11 Å². The summed E-state index contributed by atoms with van der Waals surface area (Å²) in [6.45, 7) is 2.84. The van der Waals surface area contributed by atoms with Gasteiger partial charge in [0.15, 0.2) is 0 Å². The smallest absolute Gasteiger partial charge is 0.319 e. The molecule has 5 heteroatoms. The van der Waals surface area contributed by atoms with Crippen molar-refractivity contribution in [2.45, 2.75) is 31.6 Å². The number of amides is 2. The fourth-order valence-corrected chi connectivity index (χ4v) is 3.00. The largest absolute Gasteiger partial charge is 0.384 e. The van der Waals surface area contributed by atoms with Crippen molar-refractivity contribution in [1.82, 2.24) is 5.32 Å². The summed E-state index contributed by atoms with van der Waals surface area (Å²) in [5.74, 6) is 2.58. The van der Waals surface area contributed by atoms with Crippen LogP contribution in [0.5, 0.6) is 0 Å². The lowest BCUT2D eigenvalue weighted by molar-refractivity contribution is 0.218. The molecule has 0 heterocycles. The van der Waals surface area contributed by atoms with Crippen LogP contribution in [0, 0.1) is 5.92 Å². The number of ether oxygens (including phenoxy) is 1. The summed E-state index contributed by atoms with van der Waals surface area (Å²) in [7, 11) is 1.71. The van der Waals surface area contributed by atoms with E-state index in [2.05, 4.69) is 23.6 Å². The predicted octanol–water partition coefficient (Wildman–Crippen LogP) is 3.49. The van der Waals surface area contributed by atoms with Crippen LogP contribution >= 0.6 is 11.8 Å². The van der Waals surface area contributed by atoms with Crippen LogP contribution in [0.1, 0.15) is 25.3 Å². The molecule has 2 N–H and O–H groups in total. The Morgan fingerprint density at radius 1 is 1.48 bits per heavy atom. The van der Waals surface area contributed by atoms with Crippen molar-refractivity contribution in [2.24, 2.45) is 5.92 Å². The number of urea groups is 1. The van der Waals surface area contributed by atoms with Crippen LogP contribution in [0.2, 0.25) is 0 Å². The van der Waals surface area contributed by atoms with Gasteiger partial charge in [-0.3, -0.25) is 0 Å². The number of anilines is 1. The zero-order valence-electron chi connectivity index (χ0n) is 12.7. The molecule has 21 heavy (non-hydrogen) atoms. The molecule has 2 rings (SSSR count). The van der Waals surface area contributed by atoms with Crippen molar-refractivity contribution in [3.05, 3.63) is 29.8 Å². The molecular weight excluding hydrogens is 284 g/mol. The molecule has 0 bridgehead atoms. The van der Waals surface area contributed by atoms with Crippen LogP contribution in [0.25, 0.3) is 0 Å². The second kappa shape index (κ2) is 8.29. The molecule has 0 radical (unpaired) electrons. The third-order valence-corrected chi connectivity index (χ3v) is 4.57. The Balaban J connectivity index is 1.78. The van der Waals surface area contributed by atoms with Gasteiger partial charge in [0.25, 0.3) is 0 Å². The van der Waals surface area contributed by atoms with E-state index < -0.39 is 0 Å². The van der Waals surface area contributed by atoms with Crippen molar-refractivity contribution in [2.75, 3.05) is 24.8 Å². The average molecular weight is 308 g/mol. The maximum absolute atomic E-state index is 11.9. The number of nitrogens with one attached hydrogen (secondary N) is 2. The minimum atomic E-state index is -0.112. The minimum absolute atomic E-state index is 0.112. The first-order chi connectivity index (χ1) is 10.2. The van der Waals surface area contributed by atoms with Gasteiger partial charge in [0.1, 0.15) is 0 Å². The Labute approximate surface area is 131 Å². The van der Waals surface area contributed by atoms with Crippen molar-refractivity contribution in [1.29, 1.82) is 0 Å². The molecule has 2 amide bonds. The average Bonchev–Trinajstić information content (AvgIpc) is 3.28. The zero-order chi connectivity index (χ0) is 15.1. The van der Waals surface area contributed by atoms with Crippen LogP contribution in [-0.4, -0.2) is 31.5 Å². The summed E-state index contributed by atoms with van der Waals surface area (Å²) in [4.78, 5) is 11.9. The van der Waals surface area contributed by atoms with Crippen LogP contribution in [0.4, 0.5) is 10.5 Å². The molecule has 1 aliphatic rings. The molecule has 1 aromatic carbocycles. The number of hydrogen-bond acceptors (Lipinski definition) is 3. The second-order valence-electron chi connectivity index (χ2n) is 5.47. The first-order valence-electron chi connectivity index (χ1n) is 7.42. The maximum atomic E-state index is 11.9. The third-order valence-electron chi connectivity index (χ3n) is 3.57. The Bertz CT molecular complexity index is 463. The number of benzene rings is 1. The van der Waals surface area contributed by atoms with E-state index in [1.165, 1.54) is 18.4 Å². The van der Waals surface area contributed by atoms with Crippen LogP contribution in [-0.2, 0) is 10.5 Å². The Morgan fingerprint density at radius 3 is 3.00 bits per heavy atom. The van der Waals surface area contributed by atoms with E-state index >= 15 is 0 Å². The predicted molar refractivity (Wildman–Crippen MR) is 88.8 cm³/mol. The standard InChI is InChI=1S/C16H24N2O2S/c1-12(14-6-7-14)17-16(19)18-15-5-3-4-13(10-15)11-21-9-8-20-2/h3-5,10,12,14H,6-9,11H2,1-2H3,(H2,17,18,19)/t12-/m0/s1.